The van der Waals surface area contributed by atoms with Crippen LogP contribution in [0.2, 0.25) is 0 Å². The van der Waals surface area contributed by atoms with Crippen LogP contribution in [-0.2, 0) is 6.54 Å². The molecule has 1 fully saturated rings. The first-order valence-electron chi connectivity index (χ1n) is 6.37. The van der Waals surface area contributed by atoms with Crippen molar-refractivity contribution in [3.8, 4) is 0 Å². The van der Waals surface area contributed by atoms with Gasteiger partial charge < -0.3 is 19.7 Å². The van der Waals surface area contributed by atoms with E-state index in [1.165, 1.54) is 25.3 Å². The van der Waals surface area contributed by atoms with E-state index in [4.69, 9.17) is 9.52 Å². The number of carbonyl (C=O) groups excluding carboxylic acids is 1. The Labute approximate surface area is 111 Å². The molecule has 1 aliphatic rings. The molecule has 1 saturated carbocycles. The zero-order valence-electron chi connectivity index (χ0n) is 10.9. The summed E-state index contributed by atoms with van der Waals surface area (Å²) in [7, 11) is 1.76. The van der Waals surface area contributed by atoms with Gasteiger partial charge in [-0.2, -0.15) is 0 Å². The minimum Gasteiger partial charge on any atom is -0.475 e. The maximum absolute atomic E-state index is 11.8. The minimum absolute atomic E-state index is 0.118. The van der Waals surface area contributed by atoms with Crippen LogP contribution in [0.4, 0.5) is 4.79 Å². The molecule has 6 heteroatoms. The van der Waals surface area contributed by atoms with Gasteiger partial charge in [-0.05, 0) is 30.9 Å². The van der Waals surface area contributed by atoms with Crippen LogP contribution >= 0.6 is 0 Å². The third kappa shape index (κ3) is 3.49. The normalized spacial score (nSPS) is 14.8. The van der Waals surface area contributed by atoms with Crippen molar-refractivity contribution >= 4 is 12.0 Å². The topological polar surface area (TPSA) is 82.8 Å². The van der Waals surface area contributed by atoms with Gasteiger partial charge in [0.05, 0.1) is 6.54 Å². The third-order valence-corrected chi connectivity index (χ3v) is 3.39. The van der Waals surface area contributed by atoms with Gasteiger partial charge in [0, 0.05) is 13.6 Å². The average molecular weight is 266 g/mol. The van der Waals surface area contributed by atoms with Gasteiger partial charge in [0.25, 0.3) is 0 Å². The van der Waals surface area contributed by atoms with Crippen LogP contribution in [0, 0.1) is 5.92 Å². The van der Waals surface area contributed by atoms with E-state index in [0.29, 0.717) is 11.7 Å². The van der Waals surface area contributed by atoms with E-state index < -0.39 is 5.97 Å². The molecule has 2 amide bonds. The van der Waals surface area contributed by atoms with Gasteiger partial charge in [0.1, 0.15) is 5.76 Å². The maximum Gasteiger partial charge on any atom is 0.371 e. The number of carbonyl (C=O) groups is 2. The fraction of sp³-hybridized carbons (Fsp3) is 0.538. The SMILES string of the molecule is CN(CC1CCC1)C(=O)NCc1ccc(C(=O)O)o1. The number of furan rings is 1. The molecule has 0 radical (unpaired) electrons. The summed E-state index contributed by atoms with van der Waals surface area (Å²) < 4.78 is 5.06. The van der Waals surface area contributed by atoms with Crippen molar-refractivity contribution in [1.29, 1.82) is 0 Å². The number of hydrogen-bond acceptors (Lipinski definition) is 3. The first-order valence-corrected chi connectivity index (χ1v) is 6.37. The molecule has 1 aromatic heterocycles. The minimum atomic E-state index is -1.11. The molecular weight excluding hydrogens is 248 g/mol. The van der Waals surface area contributed by atoms with E-state index in [1.807, 2.05) is 0 Å². The summed E-state index contributed by atoms with van der Waals surface area (Å²) in [5.41, 5.74) is 0. The Morgan fingerprint density at radius 1 is 1.47 bits per heavy atom. The summed E-state index contributed by atoms with van der Waals surface area (Å²) >= 11 is 0. The lowest BCUT2D eigenvalue weighted by atomic mass is 9.85. The van der Waals surface area contributed by atoms with E-state index in [2.05, 4.69) is 5.32 Å². The lowest BCUT2D eigenvalue weighted by Gasteiger charge is -2.30. The molecule has 1 aromatic rings. The first-order chi connectivity index (χ1) is 9.06. The number of rotatable bonds is 5. The smallest absolute Gasteiger partial charge is 0.371 e. The third-order valence-electron chi connectivity index (χ3n) is 3.39. The van der Waals surface area contributed by atoms with Crippen molar-refractivity contribution in [2.24, 2.45) is 5.92 Å². The summed E-state index contributed by atoms with van der Waals surface area (Å²) in [5, 5.41) is 11.4. The summed E-state index contributed by atoms with van der Waals surface area (Å²) in [5.74, 6) is -0.174. The summed E-state index contributed by atoms with van der Waals surface area (Å²) in [4.78, 5) is 24.1. The molecule has 2 rings (SSSR count). The van der Waals surface area contributed by atoms with Crippen LogP contribution in [0.5, 0.6) is 0 Å². The maximum atomic E-state index is 11.8. The quantitative estimate of drug-likeness (QED) is 0.853. The number of amides is 2. The fourth-order valence-corrected chi connectivity index (χ4v) is 2.03. The van der Waals surface area contributed by atoms with Crippen LogP contribution in [0.25, 0.3) is 0 Å². The molecule has 0 aromatic carbocycles. The molecule has 0 bridgehead atoms. The van der Waals surface area contributed by atoms with Crippen molar-refractivity contribution in [2.75, 3.05) is 13.6 Å². The molecule has 104 valence electrons. The predicted octanol–water partition coefficient (Wildman–Crippen LogP) is 1.92. The van der Waals surface area contributed by atoms with Gasteiger partial charge in [-0.1, -0.05) is 6.42 Å². The summed E-state index contributed by atoms with van der Waals surface area (Å²) in [6, 6.07) is 2.76. The first kappa shape index (κ1) is 13.5. The van der Waals surface area contributed by atoms with Crippen LogP contribution in [0.3, 0.4) is 0 Å². The van der Waals surface area contributed by atoms with Gasteiger partial charge in [-0.3, -0.25) is 0 Å². The lowest BCUT2D eigenvalue weighted by Crippen LogP contribution is -2.40. The Bertz CT molecular complexity index is 465. The van der Waals surface area contributed by atoms with Gasteiger partial charge >= 0.3 is 12.0 Å². The van der Waals surface area contributed by atoms with Gasteiger partial charge in [-0.25, -0.2) is 9.59 Å². The lowest BCUT2D eigenvalue weighted by molar-refractivity contribution is 0.0660. The average Bonchev–Trinajstić information content (AvgIpc) is 2.79. The van der Waals surface area contributed by atoms with Gasteiger partial charge in [-0.15, -0.1) is 0 Å². The monoisotopic (exact) mass is 266 g/mol. The van der Waals surface area contributed by atoms with E-state index in [-0.39, 0.29) is 18.3 Å². The highest BCUT2D eigenvalue weighted by molar-refractivity contribution is 5.84. The zero-order valence-corrected chi connectivity index (χ0v) is 10.9. The number of aromatic carboxylic acids is 1. The molecule has 1 heterocycles. The van der Waals surface area contributed by atoms with Crippen molar-refractivity contribution in [2.45, 2.75) is 25.8 Å². The van der Waals surface area contributed by atoms with Crippen molar-refractivity contribution in [1.82, 2.24) is 10.2 Å². The van der Waals surface area contributed by atoms with Crippen molar-refractivity contribution in [3.63, 3.8) is 0 Å². The molecular formula is C13H18N2O4. The van der Waals surface area contributed by atoms with Crippen LogP contribution in [-0.4, -0.2) is 35.6 Å². The number of nitrogens with zero attached hydrogens (tertiary/aromatic N) is 1. The molecule has 0 atom stereocenters. The predicted molar refractivity (Wildman–Crippen MR) is 67.9 cm³/mol. The number of nitrogens with one attached hydrogen (secondary N) is 1. The Hall–Kier alpha value is -1.98. The molecule has 19 heavy (non-hydrogen) atoms. The summed E-state index contributed by atoms with van der Waals surface area (Å²) in [6.07, 6.45) is 3.64. The molecule has 6 nitrogen and oxygen atoms in total. The fourth-order valence-electron chi connectivity index (χ4n) is 2.03. The molecule has 1 aliphatic carbocycles. The molecule has 0 saturated heterocycles. The van der Waals surface area contributed by atoms with Gasteiger partial charge in [0.2, 0.25) is 5.76 Å². The largest absolute Gasteiger partial charge is 0.475 e. The Morgan fingerprint density at radius 2 is 2.21 bits per heavy atom. The van der Waals surface area contributed by atoms with Crippen LogP contribution < -0.4 is 5.32 Å². The van der Waals surface area contributed by atoms with Crippen molar-refractivity contribution in [3.05, 3.63) is 23.7 Å². The second kappa shape index (κ2) is 5.77. The molecule has 2 N–H and O–H groups in total. The number of carboxylic acid groups (broad SMARTS) is 1. The molecule has 0 unspecified atom stereocenters. The molecule has 0 aliphatic heterocycles. The standard InChI is InChI=1S/C13H18N2O4/c1-15(8-9-3-2-4-9)13(18)14-7-10-5-6-11(19-10)12(16)17/h5-6,9H,2-4,7-8H2,1H3,(H,14,18)(H,16,17). The van der Waals surface area contributed by atoms with E-state index in [0.717, 1.165) is 6.54 Å². The van der Waals surface area contributed by atoms with E-state index in [9.17, 15) is 9.59 Å². The summed E-state index contributed by atoms with van der Waals surface area (Å²) in [6.45, 7) is 0.964. The second-order valence-corrected chi connectivity index (χ2v) is 4.91. The second-order valence-electron chi connectivity index (χ2n) is 4.91. The van der Waals surface area contributed by atoms with Crippen molar-refractivity contribution < 1.29 is 19.1 Å². The van der Waals surface area contributed by atoms with Gasteiger partial charge in [0.15, 0.2) is 0 Å². The van der Waals surface area contributed by atoms with E-state index >= 15 is 0 Å². The highest BCUT2D eigenvalue weighted by Crippen LogP contribution is 2.26. The number of carboxylic acids is 1. The Balaban J connectivity index is 1.76. The zero-order chi connectivity index (χ0) is 13.8. The Morgan fingerprint density at radius 3 is 2.74 bits per heavy atom. The number of hydrogen-bond donors (Lipinski definition) is 2. The Kier molecular flexibility index (Phi) is 4.09. The van der Waals surface area contributed by atoms with Crippen LogP contribution in [0.15, 0.2) is 16.5 Å². The highest BCUT2D eigenvalue weighted by Gasteiger charge is 2.21. The highest BCUT2D eigenvalue weighted by atomic mass is 16.4. The molecule has 0 spiro atoms. The van der Waals surface area contributed by atoms with Crippen LogP contribution in [0.1, 0.15) is 35.6 Å². The van der Waals surface area contributed by atoms with E-state index in [1.54, 1.807) is 18.0 Å². The number of urea groups is 1.